The molecule has 0 atom stereocenters. The molecule has 2 heteroatoms. The molecule has 0 fully saturated rings. The Morgan fingerprint density at radius 3 is 3.08 bits per heavy atom. The second-order valence-corrected chi connectivity index (χ2v) is 3.03. The van der Waals surface area contributed by atoms with E-state index >= 15 is 0 Å². The maximum atomic E-state index is 4.32. The van der Waals surface area contributed by atoms with E-state index in [1.165, 1.54) is 11.1 Å². The van der Waals surface area contributed by atoms with Gasteiger partial charge in [0, 0.05) is 12.6 Å². The van der Waals surface area contributed by atoms with Crippen LogP contribution in [0.15, 0.2) is 24.5 Å². The highest BCUT2D eigenvalue weighted by Gasteiger charge is 1.99. The first-order valence-electron chi connectivity index (χ1n) is 4.24. The molecular formula is C10H12N2. The van der Waals surface area contributed by atoms with Gasteiger partial charge in [-0.25, -0.2) is 4.98 Å². The SMILES string of the molecule is CCc1ncc2cc(C)ccn12. The van der Waals surface area contributed by atoms with Crippen molar-refractivity contribution in [1.82, 2.24) is 9.38 Å². The molecule has 0 aromatic carbocycles. The lowest BCUT2D eigenvalue weighted by molar-refractivity contribution is 0.932. The third-order valence-electron chi connectivity index (χ3n) is 2.08. The number of pyridine rings is 1. The van der Waals surface area contributed by atoms with Crippen LogP contribution in [0.3, 0.4) is 0 Å². The number of hydrogen-bond donors (Lipinski definition) is 0. The molecule has 2 aromatic heterocycles. The fraction of sp³-hybridized carbons (Fsp3) is 0.300. The van der Waals surface area contributed by atoms with E-state index in [-0.39, 0.29) is 0 Å². The van der Waals surface area contributed by atoms with Crippen molar-refractivity contribution in [1.29, 1.82) is 0 Å². The summed E-state index contributed by atoms with van der Waals surface area (Å²) in [5.41, 5.74) is 2.47. The molecule has 0 saturated carbocycles. The van der Waals surface area contributed by atoms with Crippen molar-refractivity contribution in [3.63, 3.8) is 0 Å². The summed E-state index contributed by atoms with van der Waals surface area (Å²) < 4.78 is 2.13. The molecule has 2 nitrogen and oxygen atoms in total. The van der Waals surface area contributed by atoms with Gasteiger partial charge < -0.3 is 4.40 Å². The molecule has 2 heterocycles. The smallest absolute Gasteiger partial charge is 0.112 e. The van der Waals surface area contributed by atoms with Crippen LogP contribution in [-0.4, -0.2) is 9.38 Å². The summed E-state index contributed by atoms with van der Waals surface area (Å²) in [4.78, 5) is 4.32. The number of imidazole rings is 1. The van der Waals surface area contributed by atoms with Gasteiger partial charge in [-0.15, -0.1) is 0 Å². The van der Waals surface area contributed by atoms with Crippen LogP contribution in [0.5, 0.6) is 0 Å². The largest absolute Gasteiger partial charge is 0.304 e. The number of hydrogen-bond acceptors (Lipinski definition) is 1. The quantitative estimate of drug-likeness (QED) is 0.625. The van der Waals surface area contributed by atoms with Gasteiger partial charge in [-0.05, 0) is 24.6 Å². The molecule has 0 spiro atoms. The predicted molar refractivity (Wildman–Crippen MR) is 49.3 cm³/mol. The Morgan fingerprint density at radius 1 is 1.50 bits per heavy atom. The second-order valence-electron chi connectivity index (χ2n) is 3.03. The maximum absolute atomic E-state index is 4.32. The molecular weight excluding hydrogens is 148 g/mol. The molecule has 0 aliphatic carbocycles. The average molecular weight is 160 g/mol. The van der Waals surface area contributed by atoms with Gasteiger partial charge in [-0.1, -0.05) is 6.92 Å². The van der Waals surface area contributed by atoms with Crippen LogP contribution in [0.1, 0.15) is 18.3 Å². The molecule has 62 valence electrons. The van der Waals surface area contributed by atoms with Crippen molar-refractivity contribution in [3.8, 4) is 0 Å². The highest BCUT2D eigenvalue weighted by Crippen LogP contribution is 2.09. The molecule has 0 N–H and O–H groups in total. The molecule has 0 amide bonds. The molecule has 2 rings (SSSR count). The van der Waals surface area contributed by atoms with E-state index < -0.39 is 0 Å². The fourth-order valence-corrected chi connectivity index (χ4v) is 1.43. The van der Waals surface area contributed by atoms with Crippen molar-refractivity contribution in [2.75, 3.05) is 0 Å². The minimum atomic E-state index is 0.983. The molecule has 0 radical (unpaired) electrons. The topological polar surface area (TPSA) is 17.3 Å². The van der Waals surface area contributed by atoms with Crippen LogP contribution in [0, 0.1) is 6.92 Å². The Labute approximate surface area is 71.9 Å². The van der Waals surface area contributed by atoms with E-state index in [0.29, 0.717) is 0 Å². The summed E-state index contributed by atoms with van der Waals surface area (Å²) >= 11 is 0. The van der Waals surface area contributed by atoms with E-state index in [4.69, 9.17) is 0 Å². The zero-order valence-corrected chi connectivity index (χ0v) is 7.41. The highest BCUT2D eigenvalue weighted by atomic mass is 15.0. The Hall–Kier alpha value is -1.31. The van der Waals surface area contributed by atoms with Gasteiger partial charge in [0.1, 0.15) is 5.82 Å². The average Bonchev–Trinajstić information content (AvgIpc) is 2.46. The third kappa shape index (κ3) is 0.998. The zero-order chi connectivity index (χ0) is 8.55. The molecule has 0 bridgehead atoms. The lowest BCUT2D eigenvalue weighted by atomic mass is 10.3. The third-order valence-corrected chi connectivity index (χ3v) is 2.08. The first-order valence-corrected chi connectivity index (χ1v) is 4.24. The summed E-state index contributed by atoms with van der Waals surface area (Å²) in [5.74, 6) is 1.13. The fourth-order valence-electron chi connectivity index (χ4n) is 1.43. The lowest BCUT2D eigenvalue weighted by Gasteiger charge is -1.98. The van der Waals surface area contributed by atoms with Crippen LogP contribution in [-0.2, 0) is 6.42 Å². The van der Waals surface area contributed by atoms with Crippen LogP contribution in [0.2, 0.25) is 0 Å². The Balaban J connectivity index is 2.73. The zero-order valence-electron chi connectivity index (χ0n) is 7.41. The minimum absolute atomic E-state index is 0.983. The van der Waals surface area contributed by atoms with Crippen molar-refractivity contribution >= 4 is 5.52 Å². The van der Waals surface area contributed by atoms with Crippen LogP contribution in [0.25, 0.3) is 5.52 Å². The Kier molecular flexibility index (Phi) is 1.61. The molecule has 0 saturated heterocycles. The summed E-state index contributed by atoms with van der Waals surface area (Å²) in [5, 5.41) is 0. The van der Waals surface area contributed by atoms with E-state index in [2.05, 4.69) is 41.6 Å². The standard InChI is InChI=1S/C10H12N2/c1-3-10-11-7-9-6-8(2)4-5-12(9)10/h4-7H,3H2,1-2H3. The van der Waals surface area contributed by atoms with Gasteiger partial charge in [-0.2, -0.15) is 0 Å². The van der Waals surface area contributed by atoms with Crippen LogP contribution in [0.4, 0.5) is 0 Å². The van der Waals surface area contributed by atoms with Gasteiger partial charge in [0.2, 0.25) is 0 Å². The summed E-state index contributed by atoms with van der Waals surface area (Å²) in [6.45, 7) is 4.22. The van der Waals surface area contributed by atoms with Gasteiger partial charge in [0.15, 0.2) is 0 Å². The number of rotatable bonds is 1. The minimum Gasteiger partial charge on any atom is -0.304 e. The number of aryl methyl sites for hydroxylation is 2. The first-order chi connectivity index (χ1) is 5.81. The van der Waals surface area contributed by atoms with Gasteiger partial charge >= 0.3 is 0 Å². The maximum Gasteiger partial charge on any atom is 0.112 e. The van der Waals surface area contributed by atoms with Crippen molar-refractivity contribution in [3.05, 3.63) is 35.9 Å². The van der Waals surface area contributed by atoms with E-state index in [1.807, 2.05) is 6.20 Å². The molecule has 0 aliphatic rings. The van der Waals surface area contributed by atoms with E-state index in [1.54, 1.807) is 0 Å². The Morgan fingerprint density at radius 2 is 2.33 bits per heavy atom. The number of nitrogens with zero attached hydrogens (tertiary/aromatic N) is 2. The second kappa shape index (κ2) is 2.63. The molecule has 12 heavy (non-hydrogen) atoms. The molecule has 0 unspecified atom stereocenters. The normalized spacial score (nSPS) is 10.8. The van der Waals surface area contributed by atoms with Crippen LogP contribution >= 0.6 is 0 Å². The first kappa shape index (κ1) is 7.35. The lowest BCUT2D eigenvalue weighted by Crippen LogP contribution is -1.91. The predicted octanol–water partition coefficient (Wildman–Crippen LogP) is 2.21. The summed E-state index contributed by atoms with van der Waals surface area (Å²) in [6.07, 6.45) is 4.99. The van der Waals surface area contributed by atoms with Gasteiger partial charge in [0.25, 0.3) is 0 Å². The number of aromatic nitrogens is 2. The van der Waals surface area contributed by atoms with Crippen molar-refractivity contribution in [2.24, 2.45) is 0 Å². The van der Waals surface area contributed by atoms with E-state index in [0.717, 1.165) is 12.2 Å². The van der Waals surface area contributed by atoms with Crippen LogP contribution < -0.4 is 0 Å². The van der Waals surface area contributed by atoms with Gasteiger partial charge in [-0.3, -0.25) is 0 Å². The van der Waals surface area contributed by atoms with E-state index in [9.17, 15) is 0 Å². The summed E-state index contributed by atoms with van der Waals surface area (Å²) in [6, 6.07) is 4.25. The monoisotopic (exact) mass is 160 g/mol. The number of fused-ring (bicyclic) bond motifs is 1. The Bertz CT molecular complexity index is 401. The summed E-state index contributed by atoms with van der Waals surface area (Å²) in [7, 11) is 0. The molecule has 2 aromatic rings. The molecule has 0 aliphatic heterocycles. The van der Waals surface area contributed by atoms with Gasteiger partial charge in [0.05, 0.1) is 11.7 Å². The van der Waals surface area contributed by atoms with Crippen molar-refractivity contribution < 1.29 is 0 Å². The van der Waals surface area contributed by atoms with Crippen molar-refractivity contribution in [2.45, 2.75) is 20.3 Å². The highest BCUT2D eigenvalue weighted by molar-refractivity contribution is 5.47.